The minimum atomic E-state index is -0.901. The molecular formula is C38H63N3O5. The molecule has 2 aromatic rings. The number of aliphatic hydroxyl groups excluding tert-OH is 1. The number of methoxy groups -OCH3 is 1. The quantitative estimate of drug-likeness (QED) is 0.164. The summed E-state index contributed by atoms with van der Waals surface area (Å²) in [4.78, 5) is 26.5. The van der Waals surface area contributed by atoms with Crippen LogP contribution in [0.4, 0.5) is 4.79 Å². The van der Waals surface area contributed by atoms with Gasteiger partial charge in [-0.3, -0.25) is 4.79 Å². The highest BCUT2D eigenvalue weighted by atomic mass is 16.6. The Bertz CT molecular complexity index is 1240. The number of benzene rings is 1. The van der Waals surface area contributed by atoms with Crippen LogP contribution in [0, 0.1) is 30.6 Å². The molecule has 0 spiro atoms. The van der Waals surface area contributed by atoms with E-state index in [9.17, 15) is 14.7 Å². The van der Waals surface area contributed by atoms with Crippen LogP contribution >= 0.6 is 0 Å². The lowest BCUT2D eigenvalue weighted by atomic mass is 9.80. The second kappa shape index (κ2) is 17.5. The third kappa shape index (κ3) is 11.6. The number of alkyl carbamates (subject to hydrolysis) is 1. The number of aliphatic hydroxyl groups is 1. The molecule has 0 aliphatic heterocycles. The van der Waals surface area contributed by atoms with E-state index in [1.807, 2.05) is 34.6 Å². The molecule has 1 aliphatic carbocycles. The number of nitrogens with one attached hydrogen (secondary N) is 2. The number of ether oxygens (including phenoxy) is 2. The second-order valence-electron chi connectivity index (χ2n) is 15.4. The fourth-order valence-corrected chi connectivity index (χ4v) is 6.87. The van der Waals surface area contributed by atoms with Gasteiger partial charge in [0, 0.05) is 49.3 Å². The van der Waals surface area contributed by atoms with Gasteiger partial charge in [0.05, 0.1) is 12.1 Å². The standard InChI is InChI=1S/C38H63N3O5/c1-25(2)29(20-28-16-17-31-27(5)24-41(34(31)21-28)18-13-19-45-9)22-33(40-37(44)46-38(6,7)8)35(42)23-32(26(3)4)36(43)39-30-14-11-10-12-15-30/h16-17,21,24-26,29-30,32-33,35,42H,10-15,18-20,22-23H2,1-9H3,(H,39,43)(H,40,44)/t29-,32-,33-,35-/m0/s1. The summed E-state index contributed by atoms with van der Waals surface area (Å²) in [6.45, 7) is 17.8. The van der Waals surface area contributed by atoms with Crippen LogP contribution in [0.3, 0.4) is 0 Å². The largest absolute Gasteiger partial charge is 0.444 e. The number of fused-ring (bicyclic) bond motifs is 1. The van der Waals surface area contributed by atoms with Gasteiger partial charge < -0.3 is 29.8 Å². The molecule has 0 saturated heterocycles. The van der Waals surface area contributed by atoms with Crippen molar-refractivity contribution in [1.82, 2.24) is 15.2 Å². The number of aromatic nitrogens is 1. The summed E-state index contributed by atoms with van der Waals surface area (Å²) < 4.78 is 13.2. The van der Waals surface area contributed by atoms with Crippen LogP contribution in [0.2, 0.25) is 0 Å². The van der Waals surface area contributed by atoms with Crippen molar-refractivity contribution in [3.63, 3.8) is 0 Å². The van der Waals surface area contributed by atoms with Gasteiger partial charge in [0.25, 0.3) is 0 Å². The molecule has 260 valence electrons. The minimum absolute atomic E-state index is 0.00877. The van der Waals surface area contributed by atoms with Gasteiger partial charge in [-0.25, -0.2) is 4.79 Å². The lowest BCUT2D eigenvalue weighted by Crippen LogP contribution is -2.49. The minimum Gasteiger partial charge on any atom is -0.444 e. The molecule has 1 aromatic heterocycles. The van der Waals surface area contributed by atoms with Crippen LogP contribution in [0.5, 0.6) is 0 Å². The van der Waals surface area contributed by atoms with Crippen molar-refractivity contribution in [2.45, 2.75) is 144 Å². The topological polar surface area (TPSA) is 102 Å². The van der Waals surface area contributed by atoms with Crippen LogP contribution in [0.15, 0.2) is 24.4 Å². The summed E-state index contributed by atoms with van der Waals surface area (Å²) in [7, 11) is 1.74. The maximum Gasteiger partial charge on any atom is 0.407 e. The molecule has 8 heteroatoms. The summed E-state index contributed by atoms with van der Waals surface area (Å²) in [5.74, 6) is 0.190. The Balaban J connectivity index is 1.82. The Morgan fingerprint density at radius 3 is 2.35 bits per heavy atom. The molecule has 0 radical (unpaired) electrons. The van der Waals surface area contributed by atoms with Crippen molar-refractivity contribution >= 4 is 22.9 Å². The molecule has 1 fully saturated rings. The molecule has 1 saturated carbocycles. The zero-order chi connectivity index (χ0) is 34.0. The summed E-state index contributed by atoms with van der Waals surface area (Å²) in [6.07, 6.45) is 8.92. The maximum absolute atomic E-state index is 13.5. The highest BCUT2D eigenvalue weighted by Crippen LogP contribution is 2.30. The summed E-state index contributed by atoms with van der Waals surface area (Å²) in [5.41, 5.74) is 3.05. The van der Waals surface area contributed by atoms with E-state index in [2.05, 4.69) is 60.4 Å². The average molecular weight is 642 g/mol. The van der Waals surface area contributed by atoms with E-state index in [1.165, 1.54) is 28.5 Å². The van der Waals surface area contributed by atoms with Crippen molar-refractivity contribution in [1.29, 1.82) is 0 Å². The van der Waals surface area contributed by atoms with E-state index in [-0.39, 0.29) is 36.1 Å². The zero-order valence-electron chi connectivity index (χ0n) is 30.2. The number of amides is 2. The molecule has 1 aliphatic rings. The number of rotatable bonds is 16. The highest BCUT2D eigenvalue weighted by Gasteiger charge is 2.34. The summed E-state index contributed by atoms with van der Waals surface area (Å²) in [5, 5.41) is 19.3. The number of nitrogens with zero attached hydrogens (tertiary/aromatic N) is 1. The van der Waals surface area contributed by atoms with Crippen LogP contribution < -0.4 is 10.6 Å². The first-order valence-corrected chi connectivity index (χ1v) is 17.7. The number of aryl methyl sites for hydroxylation is 2. The molecule has 1 aromatic carbocycles. The monoisotopic (exact) mass is 641 g/mol. The Labute approximate surface area is 278 Å². The van der Waals surface area contributed by atoms with E-state index in [0.717, 1.165) is 51.7 Å². The Morgan fingerprint density at radius 2 is 1.74 bits per heavy atom. The van der Waals surface area contributed by atoms with Gasteiger partial charge >= 0.3 is 6.09 Å². The van der Waals surface area contributed by atoms with Crippen molar-refractivity contribution in [3.05, 3.63) is 35.5 Å². The molecule has 46 heavy (non-hydrogen) atoms. The first-order chi connectivity index (χ1) is 21.7. The SMILES string of the molecule is COCCCn1cc(C)c2ccc(C[C@@H](C[C@H](NC(=O)OC(C)(C)C)[C@@H](O)C[C@H](C(=O)NC3CCCCC3)C(C)C)C(C)C)cc21. The van der Waals surface area contributed by atoms with E-state index >= 15 is 0 Å². The van der Waals surface area contributed by atoms with Crippen molar-refractivity contribution in [2.75, 3.05) is 13.7 Å². The van der Waals surface area contributed by atoms with Gasteiger partial charge in [-0.2, -0.15) is 0 Å². The van der Waals surface area contributed by atoms with Crippen LogP contribution in [-0.2, 0) is 27.2 Å². The summed E-state index contributed by atoms with van der Waals surface area (Å²) in [6, 6.07) is 6.37. The Morgan fingerprint density at radius 1 is 1.04 bits per heavy atom. The van der Waals surface area contributed by atoms with Gasteiger partial charge in [0.2, 0.25) is 5.91 Å². The van der Waals surface area contributed by atoms with Crippen molar-refractivity contribution in [2.24, 2.45) is 23.7 Å². The van der Waals surface area contributed by atoms with Crippen molar-refractivity contribution < 1.29 is 24.2 Å². The number of hydrogen-bond donors (Lipinski definition) is 3. The highest BCUT2D eigenvalue weighted by molar-refractivity contribution is 5.84. The normalized spacial score (nSPS) is 17.2. The number of hydrogen-bond acceptors (Lipinski definition) is 5. The maximum atomic E-state index is 13.5. The van der Waals surface area contributed by atoms with Gasteiger partial charge in [0.1, 0.15) is 5.60 Å². The molecule has 3 rings (SSSR count). The smallest absolute Gasteiger partial charge is 0.407 e. The molecule has 0 bridgehead atoms. The van der Waals surface area contributed by atoms with Crippen LogP contribution in [0.25, 0.3) is 10.9 Å². The van der Waals surface area contributed by atoms with E-state index < -0.39 is 23.8 Å². The second-order valence-corrected chi connectivity index (χ2v) is 15.4. The molecular weight excluding hydrogens is 578 g/mol. The third-order valence-corrected chi connectivity index (χ3v) is 9.65. The first kappa shape index (κ1) is 37.9. The third-order valence-electron chi connectivity index (χ3n) is 9.65. The molecule has 3 N–H and O–H groups in total. The molecule has 0 unspecified atom stereocenters. The average Bonchev–Trinajstić information content (AvgIpc) is 3.28. The van der Waals surface area contributed by atoms with E-state index in [4.69, 9.17) is 9.47 Å². The zero-order valence-corrected chi connectivity index (χ0v) is 30.2. The predicted molar refractivity (Wildman–Crippen MR) is 187 cm³/mol. The Hall–Kier alpha value is -2.58. The lowest BCUT2D eigenvalue weighted by Gasteiger charge is -2.33. The van der Waals surface area contributed by atoms with Crippen LogP contribution in [0.1, 0.15) is 111 Å². The van der Waals surface area contributed by atoms with E-state index in [0.29, 0.717) is 12.3 Å². The first-order valence-electron chi connectivity index (χ1n) is 17.7. The number of carbonyl (C=O) groups excluding carboxylic acids is 2. The van der Waals surface area contributed by atoms with Crippen LogP contribution in [-0.4, -0.2) is 59.2 Å². The lowest BCUT2D eigenvalue weighted by molar-refractivity contribution is -0.128. The fraction of sp³-hybridized carbons (Fsp3) is 0.737. The van der Waals surface area contributed by atoms with Gasteiger partial charge in [-0.1, -0.05) is 59.1 Å². The van der Waals surface area contributed by atoms with Gasteiger partial charge in [0.15, 0.2) is 0 Å². The predicted octanol–water partition coefficient (Wildman–Crippen LogP) is 7.56. The Kier molecular flexibility index (Phi) is 14.4. The van der Waals surface area contributed by atoms with Gasteiger partial charge in [-0.05, 0) is 101 Å². The molecule has 1 heterocycles. The van der Waals surface area contributed by atoms with Gasteiger partial charge in [-0.15, -0.1) is 0 Å². The molecule has 2 amide bonds. The molecule has 8 nitrogen and oxygen atoms in total. The molecule has 4 atom stereocenters. The fourth-order valence-electron chi connectivity index (χ4n) is 6.87. The number of carbonyl (C=O) groups is 2. The summed E-state index contributed by atoms with van der Waals surface area (Å²) >= 11 is 0. The van der Waals surface area contributed by atoms with E-state index in [1.54, 1.807) is 7.11 Å². The van der Waals surface area contributed by atoms with Crippen molar-refractivity contribution in [3.8, 4) is 0 Å².